The van der Waals surface area contributed by atoms with Gasteiger partial charge in [0.2, 0.25) is 0 Å². The van der Waals surface area contributed by atoms with E-state index in [0.29, 0.717) is 19.3 Å². The maximum absolute atomic E-state index is 12.9. The van der Waals surface area contributed by atoms with Crippen LogP contribution in [0, 0.1) is 0 Å². The molecule has 5 atom stereocenters. The molecule has 0 aromatic rings. The van der Waals surface area contributed by atoms with Gasteiger partial charge in [0.1, 0.15) is 25.4 Å². The zero-order valence-electron chi connectivity index (χ0n) is 62.1. The van der Waals surface area contributed by atoms with Crippen LogP contribution in [0.4, 0.5) is 0 Å². The third kappa shape index (κ3) is 74.9. The highest BCUT2D eigenvalue weighted by Crippen LogP contribution is 2.45. The largest absolute Gasteiger partial charge is 0.472 e. The smallest absolute Gasteiger partial charge is 0.463 e. The first-order valence-corrected chi connectivity index (χ1v) is 41.8. The Labute approximate surface area is 602 Å². The number of phosphoric acid groups is 2. The molecule has 5 unspecified atom stereocenters. The molecule has 0 radical (unpaired) electrons. The Bertz CT molecular complexity index is 2290. The average Bonchev–Trinajstić information content (AvgIpc) is 1.82. The number of phosphoric ester groups is 2. The molecule has 4 N–H and O–H groups in total. The monoisotopic (exact) mass is 1430 g/mol. The standard InChI is InChI=1S/C81H140O16P2/c1-4-7-10-13-16-19-22-25-27-29-31-33-34-35-36-37-38-39-40-42-44-45-47-50-52-55-58-61-64-67-79(84)91-70-76(82)71-93-98(87,88)94-72-77(83)73-95-99(89,90)96-75-78(97-81(86)69-66-63-60-57-54-49-24-21-18-15-12-9-6-3)74-92-80(85)68-65-62-59-56-53-51-48-46-43-41-32-30-28-26-23-20-17-14-11-8-5-2/h12,15-17,19-21,24-28,31-33,35-36,41,46,48,76-78,82-83H,4-11,13-14,18,22-23,29-30,34,37-40,42-45,47,49-75H2,1-3H3,(H,87,88)(H,89,90)/b15-12-,19-16-,20-17-,24-21-,27-25-,28-26-,33-31-,36-35-,41-32-,48-46-. The van der Waals surface area contributed by atoms with Crippen molar-refractivity contribution in [1.29, 1.82) is 0 Å². The zero-order chi connectivity index (χ0) is 72.3. The lowest BCUT2D eigenvalue weighted by atomic mass is 10.0. The average molecular weight is 1430 g/mol. The molecule has 99 heavy (non-hydrogen) atoms. The van der Waals surface area contributed by atoms with E-state index in [1.165, 1.54) is 109 Å². The van der Waals surface area contributed by atoms with Gasteiger partial charge in [-0.05, 0) is 135 Å². The molecule has 0 aromatic carbocycles. The number of hydrogen-bond acceptors (Lipinski definition) is 14. The highest BCUT2D eigenvalue weighted by atomic mass is 31.2. The molecule has 0 heterocycles. The van der Waals surface area contributed by atoms with E-state index in [1.807, 2.05) is 0 Å². The third-order valence-electron chi connectivity index (χ3n) is 16.1. The molecule has 0 rings (SSSR count). The van der Waals surface area contributed by atoms with Crippen LogP contribution in [0.15, 0.2) is 122 Å². The lowest BCUT2D eigenvalue weighted by Gasteiger charge is -2.21. The summed E-state index contributed by atoms with van der Waals surface area (Å²) < 4.78 is 61.0. The van der Waals surface area contributed by atoms with Crippen molar-refractivity contribution in [2.75, 3.05) is 39.6 Å². The SMILES string of the molecule is CCC/C=C\C/C=C\CCCCCCCC(=O)OC(COC(=O)CCCCCCC/C=C\C/C=C\C/C=C\C/C=C\CCCCC)COP(=O)(O)OCC(O)COP(=O)(O)OCC(O)COC(=O)CCCCCCCCCCCCCCC/C=C\C/C=C\C/C=C\C/C=C\CCCCC. The summed E-state index contributed by atoms with van der Waals surface area (Å²) >= 11 is 0. The first-order valence-electron chi connectivity index (χ1n) is 38.8. The van der Waals surface area contributed by atoms with Gasteiger partial charge in [0.15, 0.2) is 6.10 Å². The molecule has 0 aromatic heterocycles. The van der Waals surface area contributed by atoms with Crippen LogP contribution in [0.3, 0.4) is 0 Å². The van der Waals surface area contributed by atoms with Crippen molar-refractivity contribution in [3.05, 3.63) is 122 Å². The first kappa shape index (κ1) is 94.9. The van der Waals surface area contributed by atoms with Crippen molar-refractivity contribution >= 4 is 33.6 Å². The van der Waals surface area contributed by atoms with Crippen LogP contribution in [0.2, 0.25) is 0 Å². The number of aliphatic hydroxyl groups excluding tert-OH is 2. The zero-order valence-corrected chi connectivity index (χ0v) is 63.9. The van der Waals surface area contributed by atoms with Gasteiger partial charge in [-0.15, -0.1) is 0 Å². The molecule has 0 bridgehead atoms. The Morgan fingerprint density at radius 2 is 0.525 bits per heavy atom. The maximum atomic E-state index is 12.9. The van der Waals surface area contributed by atoms with E-state index in [9.17, 15) is 43.5 Å². The second-order valence-electron chi connectivity index (χ2n) is 25.8. The summed E-state index contributed by atoms with van der Waals surface area (Å²) in [6.07, 6.45) is 86.8. The van der Waals surface area contributed by atoms with Crippen LogP contribution in [-0.4, -0.2) is 95.9 Å². The fourth-order valence-electron chi connectivity index (χ4n) is 10.2. The van der Waals surface area contributed by atoms with E-state index in [-0.39, 0.29) is 19.3 Å². The Hall–Kier alpha value is -4.05. The summed E-state index contributed by atoms with van der Waals surface area (Å²) in [4.78, 5) is 58.5. The fourth-order valence-corrected chi connectivity index (χ4v) is 11.7. The second-order valence-corrected chi connectivity index (χ2v) is 28.7. The number of unbranched alkanes of at least 4 members (excludes halogenated alkanes) is 30. The number of carbonyl (C=O) groups is 3. The van der Waals surface area contributed by atoms with Crippen molar-refractivity contribution in [2.24, 2.45) is 0 Å². The van der Waals surface area contributed by atoms with Gasteiger partial charge in [0.05, 0.1) is 26.4 Å². The Balaban J connectivity index is 4.51. The number of hydrogen-bond donors (Lipinski definition) is 4. The van der Waals surface area contributed by atoms with Crippen molar-refractivity contribution in [3.8, 4) is 0 Å². The Morgan fingerprint density at radius 3 is 0.838 bits per heavy atom. The molecular formula is C81H140O16P2. The van der Waals surface area contributed by atoms with Gasteiger partial charge in [-0.1, -0.05) is 284 Å². The molecule has 0 aliphatic heterocycles. The molecule has 0 aliphatic rings. The highest BCUT2D eigenvalue weighted by molar-refractivity contribution is 7.47. The lowest BCUT2D eigenvalue weighted by Crippen LogP contribution is -2.30. The molecule has 0 saturated carbocycles. The lowest BCUT2D eigenvalue weighted by molar-refractivity contribution is -0.161. The van der Waals surface area contributed by atoms with Crippen LogP contribution in [0.25, 0.3) is 0 Å². The molecule has 570 valence electrons. The van der Waals surface area contributed by atoms with Crippen molar-refractivity contribution in [3.63, 3.8) is 0 Å². The predicted octanol–water partition coefficient (Wildman–Crippen LogP) is 22.5. The minimum atomic E-state index is -4.94. The topological polar surface area (TPSA) is 231 Å². The molecular weight excluding hydrogens is 1290 g/mol. The van der Waals surface area contributed by atoms with Gasteiger partial charge in [-0.3, -0.25) is 32.5 Å². The van der Waals surface area contributed by atoms with Crippen molar-refractivity contribution in [2.45, 2.75) is 334 Å². The van der Waals surface area contributed by atoms with Crippen molar-refractivity contribution in [1.82, 2.24) is 0 Å². The van der Waals surface area contributed by atoms with E-state index < -0.39 is 91.5 Å². The van der Waals surface area contributed by atoms with Crippen LogP contribution in [0.1, 0.15) is 316 Å². The number of aliphatic hydroxyl groups is 2. The quantitative estimate of drug-likeness (QED) is 0.0146. The van der Waals surface area contributed by atoms with Gasteiger partial charge in [-0.25, -0.2) is 9.13 Å². The fraction of sp³-hybridized carbons (Fsp3) is 0.716. The molecule has 18 heteroatoms. The Morgan fingerprint density at radius 1 is 0.283 bits per heavy atom. The van der Waals surface area contributed by atoms with Gasteiger partial charge in [0.25, 0.3) is 0 Å². The first-order chi connectivity index (χ1) is 48.2. The molecule has 16 nitrogen and oxygen atoms in total. The normalized spacial score (nSPS) is 14.7. The molecule has 0 fully saturated rings. The minimum absolute atomic E-state index is 0.0817. The van der Waals surface area contributed by atoms with E-state index in [1.54, 1.807) is 0 Å². The number of allylic oxidation sites excluding steroid dienone is 20. The van der Waals surface area contributed by atoms with Gasteiger partial charge < -0.3 is 34.2 Å². The van der Waals surface area contributed by atoms with E-state index in [2.05, 4.69) is 142 Å². The summed E-state index contributed by atoms with van der Waals surface area (Å²) in [5, 5.41) is 20.6. The molecule has 0 amide bonds. The van der Waals surface area contributed by atoms with Crippen LogP contribution < -0.4 is 0 Å². The summed E-state index contributed by atoms with van der Waals surface area (Å²) in [6.45, 7) is 2.52. The van der Waals surface area contributed by atoms with Gasteiger partial charge in [-0.2, -0.15) is 0 Å². The van der Waals surface area contributed by atoms with Gasteiger partial charge in [0, 0.05) is 19.3 Å². The van der Waals surface area contributed by atoms with Crippen LogP contribution in [-0.2, 0) is 55.8 Å². The Kier molecular flexibility index (Phi) is 70.7. The number of rotatable bonds is 73. The van der Waals surface area contributed by atoms with Crippen LogP contribution in [0.5, 0.6) is 0 Å². The van der Waals surface area contributed by atoms with E-state index in [0.717, 1.165) is 148 Å². The van der Waals surface area contributed by atoms with Gasteiger partial charge >= 0.3 is 33.6 Å². The summed E-state index contributed by atoms with van der Waals surface area (Å²) in [5.74, 6) is -1.61. The second kappa shape index (κ2) is 73.7. The minimum Gasteiger partial charge on any atom is -0.463 e. The summed E-state index contributed by atoms with van der Waals surface area (Å²) in [7, 11) is -9.80. The van der Waals surface area contributed by atoms with Crippen molar-refractivity contribution < 1.29 is 75.8 Å². The molecule has 0 saturated heterocycles. The van der Waals surface area contributed by atoms with E-state index in [4.69, 9.17) is 32.3 Å². The summed E-state index contributed by atoms with van der Waals surface area (Å²) in [6, 6.07) is 0. The molecule has 0 aliphatic carbocycles. The number of esters is 3. The highest BCUT2D eigenvalue weighted by Gasteiger charge is 2.29. The van der Waals surface area contributed by atoms with Crippen LogP contribution >= 0.6 is 15.6 Å². The molecule has 0 spiro atoms. The number of ether oxygens (including phenoxy) is 3. The third-order valence-corrected chi connectivity index (χ3v) is 18.0. The number of carbonyl (C=O) groups excluding carboxylic acids is 3. The maximum Gasteiger partial charge on any atom is 0.472 e. The van der Waals surface area contributed by atoms with E-state index >= 15 is 0 Å². The predicted molar refractivity (Wildman–Crippen MR) is 408 cm³/mol. The summed E-state index contributed by atoms with van der Waals surface area (Å²) in [5.41, 5.74) is 0.